The molecule has 0 saturated carbocycles. The second-order valence-corrected chi connectivity index (χ2v) is 4.07. The molecule has 5 nitrogen and oxygen atoms in total. The van der Waals surface area contributed by atoms with Gasteiger partial charge < -0.3 is 5.32 Å². The highest BCUT2D eigenvalue weighted by Crippen LogP contribution is 2.14. The van der Waals surface area contributed by atoms with Gasteiger partial charge in [-0.2, -0.15) is 10.2 Å². The molecule has 0 saturated heterocycles. The summed E-state index contributed by atoms with van der Waals surface area (Å²) in [4.78, 5) is 0. The highest BCUT2D eigenvalue weighted by atomic mass is 15.3. The first-order chi connectivity index (χ1) is 7.56. The van der Waals surface area contributed by atoms with Gasteiger partial charge in [0.25, 0.3) is 0 Å². The van der Waals surface area contributed by atoms with Crippen molar-refractivity contribution in [3.63, 3.8) is 0 Å². The van der Waals surface area contributed by atoms with Crippen LogP contribution in [0.25, 0.3) is 0 Å². The van der Waals surface area contributed by atoms with Gasteiger partial charge in [0.15, 0.2) is 0 Å². The van der Waals surface area contributed by atoms with Crippen LogP contribution in [-0.4, -0.2) is 19.6 Å². The number of nitrogens with one attached hydrogen (secondary N) is 1. The van der Waals surface area contributed by atoms with Gasteiger partial charge in [0.1, 0.15) is 0 Å². The molecule has 0 amide bonds. The fourth-order valence-corrected chi connectivity index (χ4v) is 1.79. The van der Waals surface area contributed by atoms with Gasteiger partial charge in [-0.3, -0.25) is 9.36 Å². The summed E-state index contributed by atoms with van der Waals surface area (Å²) in [5, 5.41) is 12.0. The number of rotatable bonds is 3. The Bertz CT molecular complexity index is 448. The zero-order valence-corrected chi connectivity index (χ0v) is 10.2. The molecule has 86 valence electrons. The summed E-state index contributed by atoms with van der Waals surface area (Å²) in [5.74, 6) is 0. The van der Waals surface area contributed by atoms with Crippen molar-refractivity contribution < 1.29 is 0 Å². The Kier molecular flexibility index (Phi) is 2.68. The average Bonchev–Trinajstić information content (AvgIpc) is 2.66. The fraction of sp³-hybridized carbons (Fsp3) is 0.455. The zero-order valence-electron chi connectivity index (χ0n) is 10.2. The van der Waals surface area contributed by atoms with Gasteiger partial charge in [0.2, 0.25) is 0 Å². The van der Waals surface area contributed by atoms with E-state index in [9.17, 15) is 0 Å². The summed E-state index contributed by atoms with van der Waals surface area (Å²) in [7, 11) is 3.86. The van der Waals surface area contributed by atoms with E-state index in [1.807, 2.05) is 49.7 Å². The topological polar surface area (TPSA) is 47.7 Å². The number of hydrogen-bond acceptors (Lipinski definition) is 3. The van der Waals surface area contributed by atoms with E-state index < -0.39 is 0 Å². The van der Waals surface area contributed by atoms with E-state index in [0.29, 0.717) is 0 Å². The van der Waals surface area contributed by atoms with Crippen molar-refractivity contribution in [1.29, 1.82) is 0 Å². The number of anilines is 1. The molecule has 5 heteroatoms. The first-order valence-electron chi connectivity index (χ1n) is 5.29. The van der Waals surface area contributed by atoms with Gasteiger partial charge in [0, 0.05) is 38.6 Å². The van der Waals surface area contributed by atoms with Crippen LogP contribution in [0.2, 0.25) is 0 Å². The monoisotopic (exact) mass is 219 g/mol. The Hall–Kier alpha value is -1.78. The Morgan fingerprint density at radius 1 is 1.06 bits per heavy atom. The molecular formula is C11H17N5. The van der Waals surface area contributed by atoms with Crippen molar-refractivity contribution in [2.75, 3.05) is 5.32 Å². The van der Waals surface area contributed by atoms with Gasteiger partial charge in [0.05, 0.1) is 17.1 Å². The molecule has 1 N–H and O–H groups in total. The highest BCUT2D eigenvalue weighted by molar-refractivity contribution is 5.46. The van der Waals surface area contributed by atoms with E-state index in [1.165, 1.54) is 5.56 Å². The Morgan fingerprint density at radius 3 is 2.19 bits per heavy atom. The molecule has 0 aliphatic carbocycles. The highest BCUT2D eigenvalue weighted by Gasteiger charge is 2.05. The molecule has 0 aliphatic heterocycles. The lowest BCUT2D eigenvalue weighted by Gasteiger charge is -2.02. The largest absolute Gasteiger partial charge is 0.378 e. The Morgan fingerprint density at radius 2 is 1.69 bits per heavy atom. The van der Waals surface area contributed by atoms with Crippen LogP contribution >= 0.6 is 0 Å². The maximum atomic E-state index is 4.31. The first-order valence-corrected chi connectivity index (χ1v) is 5.29. The summed E-state index contributed by atoms with van der Waals surface area (Å²) in [5.41, 5.74) is 4.37. The summed E-state index contributed by atoms with van der Waals surface area (Å²) >= 11 is 0. The lowest BCUT2D eigenvalue weighted by atomic mass is 10.2. The second kappa shape index (κ2) is 4.00. The van der Waals surface area contributed by atoms with Crippen LogP contribution in [0.4, 0.5) is 5.69 Å². The van der Waals surface area contributed by atoms with Gasteiger partial charge in [-0.05, 0) is 13.8 Å². The quantitative estimate of drug-likeness (QED) is 0.848. The standard InChI is InChI=1S/C11H17N5/c1-8-10(6-15(3)13-8)5-12-11-7-16(4)14-9(11)2/h6-7,12H,5H2,1-4H3. The lowest BCUT2D eigenvalue weighted by molar-refractivity contribution is 0.756. The molecule has 0 radical (unpaired) electrons. The molecule has 0 bridgehead atoms. The van der Waals surface area contributed by atoms with E-state index in [4.69, 9.17) is 0 Å². The smallest absolute Gasteiger partial charge is 0.0825 e. The maximum absolute atomic E-state index is 4.31. The molecule has 2 aromatic heterocycles. The van der Waals surface area contributed by atoms with E-state index in [0.717, 1.165) is 23.6 Å². The van der Waals surface area contributed by atoms with Crippen molar-refractivity contribution in [3.8, 4) is 0 Å². The molecular weight excluding hydrogens is 202 g/mol. The van der Waals surface area contributed by atoms with Crippen LogP contribution in [0.15, 0.2) is 12.4 Å². The van der Waals surface area contributed by atoms with Crippen molar-refractivity contribution >= 4 is 5.69 Å². The minimum Gasteiger partial charge on any atom is -0.378 e. The van der Waals surface area contributed by atoms with Gasteiger partial charge in [-0.25, -0.2) is 0 Å². The van der Waals surface area contributed by atoms with Gasteiger partial charge >= 0.3 is 0 Å². The van der Waals surface area contributed by atoms with Crippen LogP contribution in [0.1, 0.15) is 17.0 Å². The maximum Gasteiger partial charge on any atom is 0.0825 e. The SMILES string of the molecule is Cc1nn(C)cc1CNc1cn(C)nc1C. The van der Waals surface area contributed by atoms with Crippen molar-refractivity contribution in [3.05, 3.63) is 29.3 Å². The van der Waals surface area contributed by atoms with E-state index in [-0.39, 0.29) is 0 Å². The summed E-state index contributed by atoms with van der Waals surface area (Å²) in [6, 6.07) is 0. The third-order valence-electron chi connectivity index (χ3n) is 2.60. The fourth-order valence-electron chi connectivity index (χ4n) is 1.79. The van der Waals surface area contributed by atoms with Crippen molar-refractivity contribution in [2.24, 2.45) is 14.1 Å². The molecule has 2 rings (SSSR count). The molecule has 2 aromatic rings. The van der Waals surface area contributed by atoms with E-state index in [1.54, 1.807) is 0 Å². The summed E-state index contributed by atoms with van der Waals surface area (Å²) in [6.07, 6.45) is 4.02. The first kappa shape index (κ1) is 10.7. The van der Waals surface area contributed by atoms with Crippen molar-refractivity contribution in [2.45, 2.75) is 20.4 Å². The van der Waals surface area contributed by atoms with Crippen LogP contribution in [0.5, 0.6) is 0 Å². The van der Waals surface area contributed by atoms with E-state index in [2.05, 4.69) is 15.5 Å². The molecule has 0 aliphatic rings. The van der Waals surface area contributed by atoms with Crippen LogP contribution in [-0.2, 0) is 20.6 Å². The number of nitrogens with zero attached hydrogens (tertiary/aromatic N) is 4. The van der Waals surface area contributed by atoms with Gasteiger partial charge in [-0.1, -0.05) is 0 Å². The molecule has 0 spiro atoms. The Balaban J connectivity index is 2.07. The van der Waals surface area contributed by atoms with E-state index >= 15 is 0 Å². The summed E-state index contributed by atoms with van der Waals surface area (Å²) < 4.78 is 3.65. The zero-order chi connectivity index (χ0) is 11.7. The molecule has 0 atom stereocenters. The molecule has 16 heavy (non-hydrogen) atoms. The second-order valence-electron chi connectivity index (χ2n) is 4.07. The minimum absolute atomic E-state index is 0.784. The predicted molar refractivity (Wildman–Crippen MR) is 63.2 cm³/mol. The van der Waals surface area contributed by atoms with Gasteiger partial charge in [-0.15, -0.1) is 0 Å². The lowest BCUT2D eigenvalue weighted by Crippen LogP contribution is -2.00. The normalized spacial score (nSPS) is 10.8. The molecule has 0 unspecified atom stereocenters. The van der Waals surface area contributed by atoms with Crippen molar-refractivity contribution in [1.82, 2.24) is 19.6 Å². The third-order valence-corrected chi connectivity index (χ3v) is 2.60. The van der Waals surface area contributed by atoms with Crippen LogP contribution in [0.3, 0.4) is 0 Å². The Labute approximate surface area is 95.1 Å². The summed E-state index contributed by atoms with van der Waals surface area (Å²) in [6.45, 7) is 4.80. The minimum atomic E-state index is 0.784. The number of hydrogen-bond donors (Lipinski definition) is 1. The number of aryl methyl sites for hydroxylation is 4. The number of aromatic nitrogens is 4. The van der Waals surface area contributed by atoms with Crippen LogP contribution in [0, 0.1) is 13.8 Å². The van der Waals surface area contributed by atoms with Crippen LogP contribution < -0.4 is 5.32 Å². The average molecular weight is 219 g/mol. The molecule has 0 aromatic carbocycles. The third kappa shape index (κ3) is 2.08. The molecule has 2 heterocycles. The predicted octanol–water partition coefficient (Wildman–Crippen LogP) is 1.38. The molecule has 0 fully saturated rings.